The molecule has 12 heteroatoms. The smallest absolute Gasteiger partial charge is 0.302 e. The molecule has 0 saturated heterocycles. The molecule has 2 aliphatic rings. The van der Waals surface area contributed by atoms with Crippen molar-refractivity contribution in [3.05, 3.63) is 34.6 Å². The topological polar surface area (TPSA) is 92.3 Å². The average molecular weight is 559 g/mol. The third kappa shape index (κ3) is 6.51. The van der Waals surface area contributed by atoms with Gasteiger partial charge < -0.3 is 5.32 Å². The Labute approximate surface area is 219 Å². The van der Waals surface area contributed by atoms with Gasteiger partial charge in [-0.15, -0.1) is 11.3 Å². The van der Waals surface area contributed by atoms with E-state index in [1.807, 2.05) is 0 Å². The minimum atomic E-state index is -4.09. The van der Waals surface area contributed by atoms with Gasteiger partial charge in [-0.3, -0.25) is 14.7 Å². The Bertz CT molecular complexity index is 1200. The van der Waals surface area contributed by atoms with Crippen LogP contribution in [0.4, 0.5) is 18.3 Å². The molecule has 1 aliphatic carbocycles. The van der Waals surface area contributed by atoms with Crippen molar-refractivity contribution in [1.29, 1.82) is 0 Å². The van der Waals surface area contributed by atoms with Gasteiger partial charge >= 0.3 is 6.18 Å². The van der Waals surface area contributed by atoms with Gasteiger partial charge in [0.25, 0.3) is 0 Å². The van der Waals surface area contributed by atoms with Crippen LogP contribution in [-0.4, -0.2) is 47.7 Å². The van der Waals surface area contributed by atoms with Crippen LogP contribution in [0.2, 0.25) is 0 Å². The zero-order chi connectivity index (χ0) is 27.0. The van der Waals surface area contributed by atoms with Crippen LogP contribution in [0.15, 0.2) is 23.2 Å². The Kier molecular flexibility index (Phi) is 8.30. The third-order valence-corrected chi connectivity index (χ3v) is 10.00. The fraction of sp³-hybridized carbons (Fsp3) is 0.640. The van der Waals surface area contributed by atoms with Crippen molar-refractivity contribution in [2.75, 3.05) is 17.6 Å². The van der Waals surface area contributed by atoms with Crippen LogP contribution in [0.1, 0.15) is 68.8 Å². The Balaban J connectivity index is 1.35. The fourth-order valence-corrected chi connectivity index (χ4v) is 7.20. The molecule has 1 amide bonds. The number of hydrogen-bond acceptors (Lipinski definition) is 7. The number of fused-ring (bicyclic) bond motifs is 1. The number of sulfone groups is 1. The van der Waals surface area contributed by atoms with Gasteiger partial charge in [0.1, 0.15) is 0 Å². The summed E-state index contributed by atoms with van der Waals surface area (Å²) < 4.78 is 62.9. The number of anilines is 1. The molecule has 0 bridgehead atoms. The molecule has 2 aromatic heterocycles. The number of nitrogens with one attached hydrogen (secondary N) is 1. The predicted octanol–water partition coefficient (Wildman–Crippen LogP) is 5.39. The standard InChI is InChI=1S/C25H33F3N4O3S2/c1-4-37(34,35)19-10-9-18(29-12-19)11-21(33)30-24-31-22-20(36-24)14-32(23(22)15(2)3)13-16-5-7-17(8-6-16)25(26,27)28/h9-10,12,15-17,23H,4-8,11,13-14H2,1-3H3,(H,30,31,33)/t16-,17-,23-/m0/s1. The lowest BCUT2D eigenvalue weighted by molar-refractivity contribution is -0.184. The maximum Gasteiger partial charge on any atom is 0.391 e. The summed E-state index contributed by atoms with van der Waals surface area (Å²) in [6.07, 6.45) is -1.23. The second kappa shape index (κ2) is 11.0. The molecular formula is C25H33F3N4O3S2. The van der Waals surface area contributed by atoms with Gasteiger partial charge in [-0.2, -0.15) is 13.2 Å². The van der Waals surface area contributed by atoms with E-state index in [2.05, 4.69) is 29.0 Å². The number of aromatic nitrogens is 2. The Hall–Kier alpha value is -2.05. The van der Waals surface area contributed by atoms with Crippen LogP contribution in [0, 0.1) is 17.8 Å². The van der Waals surface area contributed by atoms with E-state index in [1.54, 1.807) is 13.0 Å². The predicted molar refractivity (Wildman–Crippen MR) is 136 cm³/mol. The Morgan fingerprint density at radius 1 is 1.22 bits per heavy atom. The SMILES string of the molecule is CCS(=O)(=O)c1ccc(CC(=O)Nc2nc3c(s2)CN(C[C@H]2CC[C@H](C(F)(F)F)CC2)[C@H]3C(C)C)nc1. The lowest BCUT2D eigenvalue weighted by Crippen LogP contribution is -2.35. The van der Waals surface area contributed by atoms with Gasteiger partial charge in [0.2, 0.25) is 5.91 Å². The fourth-order valence-electron chi connectivity index (χ4n) is 5.33. The largest absolute Gasteiger partial charge is 0.391 e. The normalized spacial score (nSPS) is 22.8. The number of carbonyl (C=O) groups is 1. The van der Waals surface area contributed by atoms with Gasteiger partial charge in [-0.1, -0.05) is 20.8 Å². The van der Waals surface area contributed by atoms with Gasteiger partial charge in [0.15, 0.2) is 15.0 Å². The summed E-state index contributed by atoms with van der Waals surface area (Å²) in [5, 5.41) is 3.35. The third-order valence-electron chi connectivity index (χ3n) is 7.31. The first kappa shape index (κ1) is 28.0. The highest BCUT2D eigenvalue weighted by Gasteiger charge is 2.43. The van der Waals surface area contributed by atoms with Crippen LogP contribution < -0.4 is 5.32 Å². The lowest BCUT2D eigenvalue weighted by Gasteiger charge is -2.35. The second-order valence-corrected chi connectivity index (χ2v) is 13.7. The van der Waals surface area contributed by atoms with Crippen molar-refractivity contribution < 1.29 is 26.4 Å². The minimum absolute atomic E-state index is 0.00294. The van der Waals surface area contributed by atoms with E-state index < -0.39 is 21.9 Å². The summed E-state index contributed by atoms with van der Waals surface area (Å²) in [7, 11) is -3.35. The molecule has 1 N–H and O–H groups in total. The quantitative estimate of drug-likeness (QED) is 0.467. The van der Waals surface area contributed by atoms with E-state index in [1.165, 1.54) is 23.6 Å². The van der Waals surface area contributed by atoms with E-state index in [4.69, 9.17) is 4.98 Å². The van der Waals surface area contributed by atoms with Crippen LogP contribution in [-0.2, 0) is 27.6 Å². The van der Waals surface area contributed by atoms with Gasteiger partial charge in [0.05, 0.1) is 34.7 Å². The van der Waals surface area contributed by atoms with Gasteiger partial charge in [0, 0.05) is 29.9 Å². The molecule has 0 radical (unpaired) electrons. The van der Waals surface area contributed by atoms with Crippen molar-refractivity contribution in [3.8, 4) is 0 Å². The van der Waals surface area contributed by atoms with E-state index >= 15 is 0 Å². The summed E-state index contributed by atoms with van der Waals surface area (Å²) >= 11 is 1.43. The summed E-state index contributed by atoms with van der Waals surface area (Å²) in [6, 6.07) is 3.06. The number of amides is 1. The van der Waals surface area contributed by atoms with Gasteiger partial charge in [-0.25, -0.2) is 13.4 Å². The maximum atomic E-state index is 13.0. The first-order valence-corrected chi connectivity index (χ1v) is 15.1. The monoisotopic (exact) mass is 558 g/mol. The molecule has 37 heavy (non-hydrogen) atoms. The van der Waals surface area contributed by atoms with Crippen molar-refractivity contribution in [1.82, 2.24) is 14.9 Å². The van der Waals surface area contributed by atoms with E-state index in [-0.39, 0.29) is 53.7 Å². The molecule has 1 saturated carbocycles. The van der Waals surface area contributed by atoms with Crippen molar-refractivity contribution in [2.45, 2.75) is 76.5 Å². The number of thiazole rings is 1. The highest BCUT2D eigenvalue weighted by Crippen LogP contribution is 2.45. The molecular weight excluding hydrogens is 525 g/mol. The number of rotatable bonds is 8. The van der Waals surface area contributed by atoms with Gasteiger partial charge in [-0.05, 0) is 49.7 Å². The van der Waals surface area contributed by atoms with Crippen LogP contribution in [0.5, 0.6) is 0 Å². The van der Waals surface area contributed by atoms with E-state index in [0.29, 0.717) is 30.2 Å². The van der Waals surface area contributed by atoms with Crippen LogP contribution >= 0.6 is 11.3 Å². The van der Waals surface area contributed by atoms with Crippen molar-refractivity contribution >= 4 is 32.2 Å². The average Bonchev–Trinajstić information content (AvgIpc) is 3.35. The molecule has 4 rings (SSSR count). The number of nitrogens with zero attached hydrogens (tertiary/aromatic N) is 3. The molecule has 0 spiro atoms. The number of hydrogen-bond donors (Lipinski definition) is 1. The number of alkyl halides is 3. The highest BCUT2D eigenvalue weighted by atomic mass is 32.2. The van der Waals surface area contributed by atoms with E-state index in [0.717, 1.165) is 17.1 Å². The molecule has 3 heterocycles. The molecule has 0 unspecified atom stereocenters. The molecule has 0 aromatic carbocycles. The van der Waals surface area contributed by atoms with Crippen LogP contribution in [0.3, 0.4) is 0 Å². The minimum Gasteiger partial charge on any atom is -0.302 e. The Morgan fingerprint density at radius 3 is 2.49 bits per heavy atom. The summed E-state index contributed by atoms with van der Waals surface area (Å²) in [4.78, 5) is 25.0. The molecule has 204 valence electrons. The zero-order valence-corrected chi connectivity index (χ0v) is 22.8. The van der Waals surface area contributed by atoms with E-state index in [9.17, 15) is 26.4 Å². The van der Waals surface area contributed by atoms with Crippen LogP contribution in [0.25, 0.3) is 0 Å². The second-order valence-electron chi connectivity index (χ2n) is 10.3. The Morgan fingerprint density at radius 2 is 1.92 bits per heavy atom. The number of carbonyl (C=O) groups excluding carboxylic acids is 1. The molecule has 1 aliphatic heterocycles. The summed E-state index contributed by atoms with van der Waals surface area (Å²) in [5.74, 6) is -0.961. The lowest BCUT2D eigenvalue weighted by atomic mass is 9.81. The zero-order valence-electron chi connectivity index (χ0n) is 21.2. The summed E-state index contributed by atoms with van der Waals surface area (Å²) in [5.41, 5.74) is 1.40. The van der Waals surface area contributed by atoms with Crippen molar-refractivity contribution in [3.63, 3.8) is 0 Å². The summed E-state index contributed by atoms with van der Waals surface area (Å²) in [6.45, 7) is 7.22. The molecule has 1 atom stereocenters. The highest BCUT2D eigenvalue weighted by molar-refractivity contribution is 7.91. The maximum absolute atomic E-state index is 13.0. The number of pyridine rings is 1. The molecule has 1 fully saturated rings. The first-order chi connectivity index (χ1) is 17.4. The molecule has 7 nitrogen and oxygen atoms in total. The first-order valence-electron chi connectivity index (χ1n) is 12.6. The van der Waals surface area contributed by atoms with Crippen molar-refractivity contribution in [2.24, 2.45) is 17.8 Å². The number of halogens is 3. The molecule has 2 aromatic rings.